The Morgan fingerprint density at radius 1 is 1.25 bits per heavy atom. The molecule has 10 heteroatoms. The van der Waals surface area contributed by atoms with E-state index in [2.05, 4.69) is 15.5 Å². The first kappa shape index (κ1) is 16.5. The fraction of sp³-hybridized carbons (Fsp3) is 0.357. The summed E-state index contributed by atoms with van der Waals surface area (Å²) in [5, 5.41) is 10.7. The highest BCUT2D eigenvalue weighted by Crippen LogP contribution is 2.19. The molecule has 1 N–H and O–H groups in total. The van der Waals surface area contributed by atoms with Crippen LogP contribution < -0.4 is 5.32 Å². The second-order valence-electron chi connectivity index (χ2n) is 5.30. The van der Waals surface area contributed by atoms with Crippen molar-refractivity contribution >= 4 is 15.7 Å². The van der Waals surface area contributed by atoms with Crippen molar-refractivity contribution in [2.24, 2.45) is 0 Å². The van der Waals surface area contributed by atoms with Gasteiger partial charge in [0.2, 0.25) is 9.84 Å². The number of hydrogen-bond donors (Lipinski definition) is 1. The molecule has 0 aliphatic carbocycles. The summed E-state index contributed by atoms with van der Waals surface area (Å²) in [6, 6.07) is 4.37. The lowest BCUT2D eigenvalue weighted by molar-refractivity contribution is 0.0949. The SMILES string of the molecule is O=C(NCc1nnc2n1CCC2)c1ccc(S(=O)(=O)C(F)F)cc1. The zero-order valence-corrected chi connectivity index (χ0v) is 13.3. The number of hydrogen-bond acceptors (Lipinski definition) is 5. The fourth-order valence-electron chi connectivity index (χ4n) is 2.50. The molecule has 0 atom stereocenters. The molecule has 0 unspecified atom stereocenters. The average molecular weight is 356 g/mol. The van der Waals surface area contributed by atoms with E-state index in [4.69, 9.17) is 0 Å². The summed E-state index contributed by atoms with van der Waals surface area (Å²) in [6.07, 6.45) is 1.85. The van der Waals surface area contributed by atoms with E-state index in [9.17, 15) is 22.0 Å². The molecule has 7 nitrogen and oxygen atoms in total. The molecule has 24 heavy (non-hydrogen) atoms. The second kappa shape index (κ2) is 6.27. The molecular formula is C14H14F2N4O3S. The van der Waals surface area contributed by atoms with E-state index in [0.717, 1.165) is 37.3 Å². The maximum Gasteiger partial charge on any atom is 0.341 e. The molecule has 1 aromatic carbocycles. The number of halogens is 2. The van der Waals surface area contributed by atoms with Gasteiger partial charge in [0.05, 0.1) is 11.4 Å². The molecule has 0 spiro atoms. The minimum atomic E-state index is -4.66. The van der Waals surface area contributed by atoms with Crippen molar-refractivity contribution in [3.05, 3.63) is 41.5 Å². The number of fused-ring (bicyclic) bond motifs is 1. The normalized spacial score (nSPS) is 14.0. The predicted octanol–water partition coefficient (Wildman–Crippen LogP) is 1.15. The molecule has 2 aromatic rings. The molecule has 0 saturated heterocycles. The van der Waals surface area contributed by atoms with Crippen LogP contribution in [0.3, 0.4) is 0 Å². The Labute approximate surface area is 136 Å². The maximum atomic E-state index is 12.5. The van der Waals surface area contributed by atoms with Gasteiger partial charge in [-0.25, -0.2) is 8.42 Å². The molecular weight excluding hydrogens is 342 g/mol. The number of aryl methyl sites for hydroxylation is 1. The predicted molar refractivity (Wildman–Crippen MR) is 79.1 cm³/mol. The van der Waals surface area contributed by atoms with Gasteiger partial charge in [0.1, 0.15) is 5.82 Å². The Kier molecular flexibility index (Phi) is 4.31. The van der Waals surface area contributed by atoms with Gasteiger partial charge >= 0.3 is 5.76 Å². The molecule has 0 bridgehead atoms. The van der Waals surface area contributed by atoms with Gasteiger partial charge < -0.3 is 9.88 Å². The van der Waals surface area contributed by atoms with Crippen LogP contribution in [-0.4, -0.2) is 34.8 Å². The van der Waals surface area contributed by atoms with Gasteiger partial charge in [0, 0.05) is 18.5 Å². The summed E-state index contributed by atoms with van der Waals surface area (Å²) in [4.78, 5) is 11.5. The first-order chi connectivity index (χ1) is 11.4. The van der Waals surface area contributed by atoms with Crippen LogP contribution in [0.4, 0.5) is 8.78 Å². The number of carbonyl (C=O) groups is 1. The number of amides is 1. The number of benzene rings is 1. The largest absolute Gasteiger partial charge is 0.345 e. The van der Waals surface area contributed by atoms with E-state index in [1.807, 2.05) is 4.57 Å². The third-order valence-electron chi connectivity index (χ3n) is 3.77. The van der Waals surface area contributed by atoms with Crippen molar-refractivity contribution in [2.75, 3.05) is 0 Å². The Morgan fingerprint density at radius 2 is 1.96 bits per heavy atom. The zero-order valence-electron chi connectivity index (χ0n) is 12.4. The van der Waals surface area contributed by atoms with Crippen molar-refractivity contribution in [1.82, 2.24) is 20.1 Å². The van der Waals surface area contributed by atoms with E-state index < -0.39 is 26.4 Å². The lowest BCUT2D eigenvalue weighted by atomic mass is 10.2. The van der Waals surface area contributed by atoms with Crippen molar-refractivity contribution < 1.29 is 22.0 Å². The van der Waals surface area contributed by atoms with Crippen molar-refractivity contribution in [3.8, 4) is 0 Å². The summed E-state index contributed by atoms with van der Waals surface area (Å²) in [6.45, 7) is 0.997. The Balaban J connectivity index is 1.67. The Bertz CT molecular complexity index is 863. The molecule has 0 radical (unpaired) electrons. The molecule has 1 aliphatic heterocycles. The summed E-state index contributed by atoms with van der Waals surface area (Å²) in [7, 11) is -4.66. The van der Waals surface area contributed by atoms with Crippen molar-refractivity contribution in [3.63, 3.8) is 0 Å². The van der Waals surface area contributed by atoms with E-state index in [1.165, 1.54) is 12.1 Å². The molecule has 2 heterocycles. The first-order valence-electron chi connectivity index (χ1n) is 7.21. The van der Waals surface area contributed by atoms with E-state index in [0.29, 0.717) is 5.82 Å². The van der Waals surface area contributed by atoms with Crippen LogP contribution in [0.15, 0.2) is 29.2 Å². The quantitative estimate of drug-likeness (QED) is 0.867. The minimum Gasteiger partial charge on any atom is -0.345 e. The van der Waals surface area contributed by atoms with Crippen LogP contribution in [0.2, 0.25) is 0 Å². The minimum absolute atomic E-state index is 0.171. The van der Waals surface area contributed by atoms with Gasteiger partial charge in [-0.3, -0.25) is 4.79 Å². The Morgan fingerprint density at radius 3 is 2.62 bits per heavy atom. The highest BCUT2D eigenvalue weighted by atomic mass is 32.2. The van der Waals surface area contributed by atoms with Gasteiger partial charge in [-0.2, -0.15) is 8.78 Å². The molecule has 0 saturated carbocycles. The average Bonchev–Trinajstić information content (AvgIpc) is 3.16. The number of nitrogens with zero attached hydrogens (tertiary/aromatic N) is 3. The molecule has 1 aliphatic rings. The molecule has 128 valence electrons. The summed E-state index contributed by atoms with van der Waals surface area (Å²) in [5.74, 6) is -2.41. The van der Waals surface area contributed by atoms with Gasteiger partial charge in [0.25, 0.3) is 5.91 Å². The van der Waals surface area contributed by atoms with Crippen LogP contribution in [0, 0.1) is 0 Å². The van der Waals surface area contributed by atoms with Crippen LogP contribution in [0.1, 0.15) is 28.4 Å². The lowest BCUT2D eigenvalue weighted by Crippen LogP contribution is -2.24. The van der Waals surface area contributed by atoms with Crippen LogP contribution >= 0.6 is 0 Å². The molecule has 3 rings (SSSR count). The maximum absolute atomic E-state index is 12.5. The fourth-order valence-corrected chi connectivity index (χ4v) is 3.22. The highest BCUT2D eigenvalue weighted by Gasteiger charge is 2.26. The van der Waals surface area contributed by atoms with Crippen molar-refractivity contribution in [1.29, 1.82) is 0 Å². The third kappa shape index (κ3) is 3.01. The smallest absolute Gasteiger partial charge is 0.341 e. The summed E-state index contributed by atoms with van der Waals surface area (Å²) < 4.78 is 49.5. The topological polar surface area (TPSA) is 93.9 Å². The number of aromatic nitrogens is 3. The number of alkyl halides is 2. The number of nitrogens with one attached hydrogen (secondary N) is 1. The van der Waals surface area contributed by atoms with E-state index in [-0.39, 0.29) is 12.1 Å². The number of sulfone groups is 1. The summed E-state index contributed by atoms with van der Waals surface area (Å²) in [5.41, 5.74) is 0.171. The summed E-state index contributed by atoms with van der Waals surface area (Å²) >= 11 is 0. The van der Waals surface area contributed by atoms with Gasteiger partial charge in [-0.05, 0) is 30.7 Å². The highest BCUT2D eigenvalue weighted by molar-refractivity contribution is 7.91. The molecule has 1 amide bonds. The van der Waals surface area contributed by atoms with Crippen LogP contribution in [-0.2, 0) is 29.3 Å². The standard InChI is InChI=1S/C14H14F2N4O3S/c15-14(16)24(22,23)10-5-3-9(4-6-10)13(21)17-8-12-19-18-11-2-1-7-20(11)12/h3-6,14H,1-2,7-8H2,(H,17,21). The number of rotatable bonds is 5. The van der Waals surface area contributed by atoms with E-state index >= 15 is 0 Å². The van der Waals surface area contributed by atoms with Gasteiger partial charge in [-0.1, -0.05) is 0 Å². The lowest BCUT2D eigenvalue weighted by Gasteiger charge is -2.07. The van der Waals surface area contributed by atoms with Gasteiger partial charge in [0.15, 0.2) is 5.82 Å². The molecule has 0 fully saturated rings. The van der Waals surface area contributed by atoms with E-state index in [1.54, 1.807) is 0 Å². The first-order valence-corrected chi connectivity index (χ1v) is 8.75. The molecule has 1 aromatic heterocycles. The Hall–Kier alpha value is -2.36. The van der Waals surface area contributed by atoms with Crippen LogP contribution in [0.5, 0.6) is 0 Å². The van der Waals surface area contributed by atoms with Crippen molar-refractivity contribution in [2.45, 2.75) is 36.6 Å². The number of carbonyl (C=O) groups excluding carboxylic acids is 1. The second-order valence-corrected chi connectivity index (χ2v) is 7.22. The monoisotopic (exact) mass is 356 g/mol. The third-order valence-corrected chi connectivity index (χ3v) is 5.17. The zero-order chi connectivity index (χ0) is 17.3. The van der Waals surface area contributed by atoms with Crippen LogP contribution in [0.25, 0.3) is 0 Å². The van der Waals surface area contributed by atoms with Gasteiger partial charge in [-0.15, -0.1) is 10.2 Å².